The van der Waals surface area contributed by atoms with Gasteiger partial charge in [0, 0.05) is 36.6 Å². The smallest absolute Gasteiger partial charge is 0.326 e. The summed E-state index contributed by atoms with van der Waals surface area (Å²) in [6.07, 6.45) is 5.27. The van der Waals surface area contributed by atoms with E-state index in [1.807, 2.05) is 58.2 Å². The molecule has 0 aliphatic carbocycles. The number of carbonyl (C=O) groups is 7. The largest absolute Gasteiger partial charge is 0.480 e. The maximum absolute atomic E-state index is 14.3. The zero-order chi connectivity index (χ0) is 45.4. The second-order valence-electron chi connectivity index (χ2n) is 16.2. The predicted octanol–water partition coefficient (Wildman–Crippen LogP) is 0.0660. The van der Waals surface area contributed by atoms with Crippen LogP contribution in [0.1, 0.15) is 78.7 Å². The van der Waals surface area contributed by atoms with E-state index in [9.17, 15) is 38.7 Å². The fraction of sp³-hybridized carbons (Fsp3) is 0.610. The number of benzene rings is 1. The molecule has 0 spiro atoms. The van der Waals surface area contributed by atoms with Crippen LogP contribution in [0.15, 0.2) is 35.5 Å². The molecule has 1 aliphatic rings. The number of aliphatic imine (C=N–C) groups is 1. The van der Waals surface area contributed by atoms with Crippen molar-refractivity contribution in [3.63, 3.8) is 0 Å². The van der Waals surface area contributed by atoms with Gasteiger partial charge in [-0.1, -0.05) is 45.9 Å². The van der Waals surface area contributed by atoms with Crippen LogP contribution in [-0.2, 0) is 40.0 Å². The van der Waals surface area contributed by atoms with E-state index in [-0.39, 0.29) is 62.4 Å². The first-order chi connectivity index (χ1) is 28.8. The second kappa shape index (κ2) is 24.2. The number of nitrogens with two attached hydrogens (primary N) is 3. The van der Waals surface area contributed by atoms with Gasteiger partial charge < -0.3 is 58.8 Å². The Morgan fingerprint density at radius 1 is 0.869 bits per heavy atom. The fourth-order valence-corrected chi connectivity index (χ4v) is 7.44. The summed E-state index contributed by atoms with van der Waals surface area (Å²) in [5, 5.41) is 24.0. The van der Waals surface area contributed by atoms with Gasteiger partial charge in [0.25, 0.3) is 0 Å². The summed E-state index contributed by atoms with van der Waals surface area (Å²) in [5.74, 6) is -4.75. The van der Waals surface area contributed by atoms with E-state index in [0.717, 1.165) is 10.9 Å². The molecule has 61 heavy (non-hydrogen) atoms. The van der Waals surface area contributed by atoms with E-state index in [1.54, 1.807) is 6.20 Å². The van der Waals surface area contributed by atoms with Gasteiger partial charge in [-0.25, -0.2) is 4.79 Å². The highest BCUT2D eigenvalue weighted by Crippen LogP contribution is 2.22. The maximum atomic E-state index is 14.3. The Morgan fingerprint density at radius 2 is 1.51 bits per heavy atom. The number of thioether (sulfide) groups is 1. The van der Waals surface area contributed by atoms with E-state index < -0.39 is 77.8 Å². The number of carbonyl (C=O) groups excluding carboxylic acids is 6. The normalized spacial score (nSPS) is 16.8. The molecule has 1 aromatic heterocycles. The minimum Gasteiger partial charge on any atom is -0.480 e. The number of nitrogens with zero attached hydrogens (tertiary/aromatic N) is 2. The quantitative estimate of drug-likeness (QED) is 0.0381. The van der Waals surface area contributed by atoms with Crippen LogP contribution >= 0.6 is 11.8 Å². The molecule has 338 valence electrons. The van der Waals surface area contributed by atoms with Crippen LogP contribution in [0.4, 0.5) is 0 Å². The van der Waals surface area contributed by atoms with Crippen molar-refractivity contribution >= 4 is 70.0 Å². The van der Waals surface area contributed by atoms with Crippen LogP contribution in [0.5, 0.6) is 0 Å². The number of likely N-dealkylation sites (tertiary alicyclic amines) is 1. The van der Waals surface area contributed by atoms with Crippen molar-refractivity contribution in [2.75, 3.05) is 25.1 Å². The first kappa shape index (κ1) is 50.0. The topological polar surface area (TPSA) is 309 Å². The van der Waals surface area contributed by atoms with E-state index >= 15 is 0 Å². The Labute approximate surface area is 361 Å². The van der Waals surface area contributed by atoms with Crippen LogP contribution in [0, 0.1) is 11.8 Å². The lowest BCUT2D eigenvalue weighted by Gasteiger charge is -2.30. The Hall–Kier alpha value is -5.37. The van der Waals surface area contributed by atoms with Gasteiger partial charge in [-0.2, -0.15) is 11.8 Å². The number of para-hydroxylation sites is 1. The number of fused-ring (bicyclic) bond motifs is 1. The number of carboxylic acid groups (broad SMARTS) is 1. The molecule has 0 unspecified atom stereocenters. The van der Waals surface area contributed by atoms with E-state index in [1.165, 1.54) is 23.6 Å². The van der Waals surface area contributed by atoms with Gasteiger partial charge in [-0.15, -0.1) is 0 Å². The van der Waals surface area contributed by atoms with Gasteiger partial charge in [-0.05, 0) is 80.9 Å². The molecule has 1 fully saturated rings. The van der Waals surface area contributed by atoms with E-state index in [4.69, 9.17) is 17.2 Å². The summed E-state index contributed by atoms with van der Waals surface area (Å²) in [7, 11) is 0. The molecule has 2 aromatic rings. The average Bonchev–Trinajstić information content (AvgIpc) is 3.86. The van der Waals surface area contributed by atoms with Crippen LogP contribution in [0.2, 0.25) is 0 Å². The molecule has 3 rings (SSSR count). The molecular formula is C41H65N11O8S. The summed E-state index contributed by atoms with van der Waals surface area (Å²) < 4.78 is 0. The molecule has 0 radical (unpaired) electrons. The summed E-state index contributed by atoms with van der Waals surface area (Å²) in [5.41, 5.74) is 18.3. The number of carboxylic acids is 1. The van der Waals surface area contributed by atoms with Crippen molar-refractivity contribution in [3.8, 4) is 0 Å². The van der Waals surface area contributed by atoms with Crippen molar-refractivity contribution in [2.24, 2.45) is 34.0 Å². The molecule has 19 nitrogen and oxygen atoms in total. The number of H-pyrrole nitrogens is 1. The Kier molecular flexibility index (Phi) is 19.8. The van der Waals surface area contributed by atoms with Crippen LogP contribution < -0.4 is 43.8 Å². The maximum Gasteiger partial charge on any atom is 0.326 e. The van der Waals surface area contributed by atoms with Crippen LogP contribution in [0.3, 0.4) is 0 Å². The molecule has 0 saturated carbocycles. The Bertz CT molecular complexity index is 1870. The summed E-state index contributed by atoms with van der Waals surface area (Å²) in [6, 6.07) is -0.0458. The zero-order valence-electron chi connectivity index (χ0n) is 36.0. The number of nitrogens with one attached hydrogen (secondary N) is 6. The molecule has 7 atom stereocenters. The monoisotopic (exact) mass is 871 g/mol. The number of aliphatic carboxylic acids is 1. The molecule has 20 heteroatoms. The molecular weight excluding hydrogens is 807 g/mol. The standard InChI is InChI=1S/C41H65N11O8S/c1-22(2)19-30(51-38(57)32-14-10-17-52(32)39(58)33(42)23(3)4)36(55)50-31(20-25-21-46-27-12-8-7-11-26(25)27)37(56)48-28(15-18-61-6)35(54)47-24(5)34(53)49-29(40(59)60)13-9-16-45-41(43)44/h7-8,11-12,21-24,28-33,46H,9-10,13-20,42H2,1-6H3,(H,47,54)(H,48,56)(H,49,53)(H,50,55)(H,51,57)(H,59,60)(H4,43,44,45)/t24-,28-,29-,30-,31-,32-,33-/m0/s1. The van der Waals surface area contributed by atoms with Crippen LogP contribution in [0.25, 0.3) is 10.9 Å². The number of amides is 6. The van der Waals surface area contributed by atoms with Crippen molar-refractivity contribution in [1.82, 2.24) is 36.5 Å². The minimum absolute atomic E-state index is 0.0113. The van der Waals surface area contributed by atoms with E-state index in [0.29, 0.717) is 30.7 Å². The number of aromatic nitrogens is 1. The van der Waals surface area contributed by atoms with Gasteiger partial charge in [-0.3, -0.25) is 33.8 Å². The van der Waals surface area contributed by atoms with Crippen molar-refractivity contribution < 1.29 is 38.7 Å². The van der Waals surface area contributed by atoms with Gasteiger partial charge in [0.1, 0.15) is 36.3 Å². The molecule has 13 N–H and O–H groups in total. The first-order valence-electron chi connectivity index (χ1n) is 20.7. The van der Waals surface area contributed by atoms with Gasteiger partial charge in [0.2, 0.25) is 35.4 Å². The molecule has 2 heterocycles. The van der Waals surface area contributed by atoms with Crippen molar-refractivity contribution in [3.05, 3.63) is 36.0 Å². The predicted molar refractivity (Wildman–Crippen MR) is 235 cm³/mol. The number of aromatic amines is 1. The van der Waals surface area contributed by atoms with Crippen molar-refractivity contribution in [2.45, 2.75) is 122 Å². The molecule has 1 aromatic carbocycles. The number of hydrogen-bond acceptors (Lipinski definition) is 10. The fourth-order valence-electron chi connectivity index (χ4n) is 6.97. The zero-order valence-corrected chi connectivity index (χ0v) is 36.8. The summed E-state index contributed by atoms with van der Waals surface area (Å²) in [6.45, 7) is 9.36. The van der Waals surface area contributed by atoms with Gasteiger partial charge >= 0.3 is 5.97 Å². The number of rotatable bonds is 24. The van der Waals surface area contributed by atoms with E-state index in [2.05, 4.69) is 36.6 Å². The summed E-state index contributed by atoms with van der Waals surface area (Å²) >= 11 is 1.43. The number of hydrogen-bond donors (Lipinski definition) is 10. The third-order valence-electron chi connectivity index (χ3n) is 10.5. The van der Waals surface area contributed by atoms with Gasteiger partial charge in [0.05, 0.1) is 6.04 Å². The second-order valence-corrected chi connectivity index (χ2v) is 17.2. The summed E-state index contributed by atoms with van der Waals surface area (Å²) in [4.78, 5) is 103. The highest BCUT2D eigenvalue weighted by atomic mass is 32.2. The molecule has 1 aliphatic heterocycles. The highest BCUT2D eigenvalue weighted by Gasteiger charge is 2.39. The average molecular weight is 872 g/mol. The molecule has 1 saturated heterocycles. The highest BCUT2D eigenvalue weighted by molar-refractivity contribution is 7.98. The lowest BCUT2D eigenvalue weighted by atomic mass is 10.00. The van der Waals surface area contributed by atoms with Crippen molar-refractivity contribution in [1.29, 1.82) is 0 Å². The Balaban J connectivity index is 1.84. The Morgan fingerprint density at radius 3 is 2.15 bits per heavy atom. The van der Waals surface area contributed by atoms with Crippen LogP contribution in [-0.4, -0.2) is 130 Å². The minimum atomic E-state index is -1.28. The lowest BCUT2D eigenvalue weighted by molar-refractivity contribution is -0.142. The number of guanidine groups is 1. The SMILES string of the molecule is CSCC[C@H](NC(=O)[C@H](Cc1c[nH]c2ccccc12)NC(=O)[C@H](CC(C)C)NC(=O)[C@@H]1CCCN1C(=O)[C@@H](N)C(C)C)C(=O)N[C@@H](C)C(=O)N[C@@H](CCCN=C(N)N)C(=O)O. The lowest BCUT2D eigenvalue weighted by Crippen LogP contribution is -2.60. The third kappa shape index (κ3) is 15.2. The van der Waals surface area contributed by atoms with Gasteiger partial charge in [0.15, 0.2) is 5.96 Å². The third-order valence-corrected chi connectivity index (χ3v) is 11.1. The first-order valence-corrected chi connectivity index (χ1v) is 22.1. The molecule has 0 bridgehead atoms. The molecule has 6 amide bonds.